The molecule has 6 heteroatoms. The van der Waals surface area contributed by atoms with E-state index in [1.165, 1.54) is 3.97 Å². The first-order valence-electron chi connectivity index (χ1n) is 7.39. The molecule has 2 aromatic heterocycles. The van der Waals surface area contributed by atoms with Gasteiger partial charge in [0.25, 0.3) is 10.0 Å². The SMILES string of the molecule is Cc1ccc(C)n1S(=O)(=O)c1ccc(C#Cc2cnn(C)c2)cc1. The first-order valence-corrected chi connectivity index (χ1v) is 8.83. The van der Waals surface area contributed by atoms with Crippen molar-refractivity contribution in [1.29, 1.82) is 0 Å². The first-order chi connectivity index (χ1) is 11.4. The molecule has 0 aliphatic carbocycles. The van der Waals surface area contributed by atoms with Crippen LogP contribution in [-0.4, -0.2) is 22.2 Å². The Morgan fingerprint density at radius 1 is 0.917 bits per heavy atom. The van der Waals surface area contributed by atoms with Gasteiger partial charge in [0.15, 0.2) is 0 Å². The van der Waals surface area contributed by atoms with Gasteiger partial charge in [-0.3, -0.25) is 4.68 Å². The average Bonchev–Trinajstić information content (AvgIpc) is 3.11. The molecule has 0 saturated heterocycles. The van der Waals surface area contributed by atoms with Crippen LogP contribution in [0.3, 0.4) is 0 Å². The molecule has 0 N–H and O–H groups in total. The molecule has 0 radical (unpaired) electrons. The molecular formula is C18H17N3O2S. The lowest BCUT2D eigenvalue weighted by Crippen LogP contribution is -2.15. The molecule has 0 unspecified atom stereocenters. The van der Waals surface area contributed by atoms with Crippen LogP contribution in [0.15, 0.2) is 53.7 Å². The second-order valence-electron chi connectivity index (χ2n) is 5.56. The maximum absolute atomic E-state index is 12.7. The molecule has 24 heavy (non-hydrogen) atoms. The topological polar surface area (TPSA) is 56.9 Å². The fraction of sp³-hybridized carbons (Fsp3) is 0.167. The van der Waals surface area contributed by atoms with Gasteiger partial charge in [-0.05, 0) is 50.2 Å². The summed E-state index contributed by atoms with van der Waals surface area (Å²) in [5, 5.41) is 4.05. The molecule has 2 heterocycles. The van der Waals surface area contributed by atoms with E-state index in [2.05, 4.69) is 16.9 Å². The number of benzene rings is 1. The second-order valence-corrected chi connectivity index (χ2v) is 7.35. The molecule has 0 atom stereocenters. The fourth-order valence-electron chi connectivity index (χ4n) is 2.48. The van der Waals surface area contributed by atoms with Crippen LogP contribution in [0.25, 0.3) is 0 Å². The van der Waals surface area contributed by atoms with E-state index in [0.29, 0.717) is 11.4 Å². The lowest BCUT2D eigenvalue weighted by molar-refractivity contribution is 0.585. The minimum Gasteiger partial charge on any atom is -0.275 e. The quantitative estimate of drug-likeness (QED) is 0.674. The summed E-state index contributed by atoms with van der Waals surface area (Å²) in [6.45, 7) is 3.55. The zero-order valence-corrected chi connectivity index (χ0v) is 14.5. The summed E-state index contributed by atoms with van der Waals surface area (Å²) >= 11 is 0. The highest BCUT2D eigenvalue weighted by atomic mass is 32.2. The minimum atomic E-state index is -3.58. The number of nitrogens with zero attached hydrogens (tertiary/aromatic N) is 3. The zero-order chi connectivity index (χ0) is 17.3. The molecule has 0 fully saturated rings. The van der Waals surface area contributed by atoms with E-state index in [9.17, 15) is 8.42 Å². The van der Waals surface area contributed by atoms with Gasteiger partial charge in [0, 0.05) is 30.2 Å². The number of rotatable bonds is 2. The van der Waals surface area contributed by atoms with Crippen molar-refractivity contribution in [3.05, 3.63) is 71.3 Å². The van der Waals surface area contributed by atoms with E-state index in [1.807, 2.05) is 13.2 Å². The Morgan fingerprint density at radius 2 is 1.50 bits per heavy atom. The van der Waals surface area contributed by atoms with Crippen molar-refractivity contribution >= 4 is 10.0 Å². The van der Waals surface area contributed by atoms with E-state index >= 15 is 0 Å². The number of hydrogen-bond acceptors (Lipinski definition) is 3. The van der Waals surface area contributed by atoms with Crippen LogP contribution >= 0.6 is 0 Å². The summed E-state index contributed by atoms with van der Waals surface area (Å²) in [5.74, 6) is 6.00. The first kappa shape index (κ1) is 16.1. The van der Waals surface area contributed by atoms with Crippen molar-refractivity contribution in [1.82, 2.24) is 13.8 Å². The van der Waals surface area contributed by atoms with Crippen molar-refractivity contribution < 1.29 is 8.42 Å². The lowest BCUT2D eigenvalue weighted by Gasteiger charge is -2.10. The van der Waals surface area contributed by atoms with Crippen LogP contribution in [0.2, 0.25) is 0 Å². The van der Waals surface area contributed by atoms with E-state index in [0.717, 1.165) is 11.1 Å². The van der Waals surface area contributed by atoms with Gasteiger partial charge in [0.1, 0.15) is 0 Å². The Hall–Kier alpha value is -2.78. The number of aromatic nitrogens is 3. The van der Waals surface area contributed by atoms with Crippen molar-refractivity contribution in [3.8, 4) is 11.8 Å². The average molecular weight is 339 g/mol. The van der Waals surface area contributed by atoms with Gasteiger partial charge in [0.05, 0.1) is 16.7 Å². The van der Waals surface area contributed by atoms with E-state index in [4.69, 9.17) is 0 Å². The van der Waals surface area contributed by atoms with Crippen molar-refractivity contribution in [2.24, 2.45) is 7.05 Å². The molecule has 0 bridgehead atoms. The number of aryl methyl sites for hydroxylation is 3. The van der Waals surface area contributed by atoms with E-state index in [1.54, 1.807) is 61.1 Å². The molecule has 0 aliphatic heterocycles. The third-order valence-electron chi connectivity index (χ3n) is 3.66. The summed E-state index contributed by atoms with van der Waals surface area (Å²) in [6, 6.07) is 10.2. The lowest BCUT2D eigenvalue weighted by atomic mass is 10.2. The molecule has 3 aromatic rings. The molecule has 1 aromatic carbocycles. The van der Waals surface area contributed by atoms with Crippen molar-refractivity contribution in [2.75, 3.05) is 0 Å². The van der Waals surface area contributed by atoms with Gasteiger partial charge in [0.2, 0.25) is 0 Å². The molecule has 0 amide bonds. The summed E-state index contributed by atoms with van der Waals surface area (Å²) < 4.78 is 28.5. The summed E-state index contributed by atoms with van der Waals surface area (Å²) in [4.78, 5) is 0.247. The number of hydrogen-bond donors (Lipinski definition) is 0. The maximum Gasteiger partial charge on any atom is 0.268 e. The highest BCUT2D eigenvalue weighted by Crippen LogP contribution is 2.19. The predicted octanol–water partition coefficient (Wildman–Crippen LogP) is 2.48. The molecular weight excluding hydrogens is 322 g/mol. The molecule has 122 valence electrons. The molecule has 3 rings (SSSR count). The zero-order valence-electron chi connectivity index (χ0n) is 13.7. The van der Waals surface area contributed by atoms with E-state index in [-0.39, 0.29) is 4.90 Å². The van der Waals surface area contributed by atoms with E-state index < -0.39 is 10.0 Å². The third kappa shape index (κ3) is 2.99. The fourth-order valence-corrected chi connectivity index (χ4v) is 4.05. The highest BCUT2D eigenvalue weighted by molar-refractivity contribution is 7.90. The second kappa shape index (κ2) is 6.02. The Bertz CT molecular complexity index is 1030. The Labute approximate surface area is 141 Å². The Kier molecular flexibility index (Phi) is 4.04. The van der Waals surface area contributed by atoms with Gasteiger partial charge in [-0.25, -0.2) is 12.4 Å². The Morgan fingerprint density at radius 3 is 2.04 bits per heavy atom. The largest absolute Gasteiger partial charge is 0.275 e. The smallest absolute Gasteiger partial charge is 0.268 e. The van der Waals surface area contributed by atoms with Gasteiger partial charge >= 0.3 is 0 Å². The van der Waals surface area contributed by atoms with Crippen LogP contribution < -0.4 is 0 Å². The van der Waals surface area contributed by atoms with Crippen LogP contribution in [0.5, 0.6) is 0 Å². The highest BCUT2D eigenvalue weighted by Gasteiger charge is 2.19. The normalized spacial score (nSPS) is 11.1. The molecule has 0 saturated carbocycles. The minimum absolute atomic E-state index is 0.247. The van der Waals surface area contributed by atoms with Gasteiger partial charge < -0.3 is 0 Å². The predicted molar refractivity (Wildman–Crippen MR) is 92.1 cm³/mol. The van der Waals surface area contributed by atoms with Crippen LogP contribution in [0, 0.1) is 25.7 Å². The van der Waals surface area contributed by atoms with Gasteiger partial charge in [-0.2, -0.15) is 5.10 Å². The summed E-state index contributed by atoms with van der Waals surface area (Å²) in [5.41, 5.74) is 2.94. The third-order valence-corrected chi connectivity index (χ3v) is 5.58. The molecule has 0 aliphatic rings. The van der Waals surface area contributed by atoms with Crippen LogP contribution in [0.1, 0.15) is 22.5 Å². The van der Waals surface area contributed by atoms with Gasteiger partial charge in [-0.1, -0.05) is 11.8 Å². The maximum atomic E-state index is 12.7. The van der Waals surface area contributed by atoms with Crippen LogP contribution in [0.4, 0.5) is 0 Å². The monoisotopic (exact) mass is 339 g/mol. The summed E-state index contributed by atoms with van der Waals surface area (Å²) in [6.07, 6.45) is 3.51. The Balaban J connectivity index is 1.91. The molecule has 0 spiro atoms. The molecule has 5 nitrogen and oxygen atoms in total. The van der Waals surface area contributed by atoms with Gasteiger partial charge in [-0.15, -0.1) is 0 Å². The van der Waals surface area contributed by atoms with Crippen LogP contribution in [-0.2, 0) is 17.1 Å². The van der Waals surface area contributed by atoms with Crippen molar-refractivity contribution in [2.45, 2.75) is 18.7 Å². The standard InChI is InChI=1S/C18H17N3O2S/c1-14-4-5-15(2)21(14)24(22,23)18-10-8-16(9-11-18)6-7-17-12-19-20(3)13-17/h4-5,8-13H,1-3H3. The summed E-state index contributed by atoms with van der Waals surface area (Å²) in [7, 11) is -1.75. The van der Waals surface area contributed by atoms with Crippen molar-refractivity contribution in [3.63, 3.8) is 0 Å².